The molecular formula is C20H29N5O4. The maximum Gasteiger partial charge on any atom is 0.350 e. The number of benzene rings is 1. The van der Waals surface area contributed by atoms with Crippen molar-refractivity contribution in [2.24, 2.45) is 11.7 Å². The molecular weight excluding hydrogens is 374 g/mol. The van der Waals surface area contributed by atoms with E-state index in [1.54, 1.807) is 17.7 Å². The number of rotatable bonds is 7. The van der Waals surface area contributed by atoms with E-state index < -0.39 is 11.2 Å². The summed E-state index contributed by atoms with van der Waals surface area (Å²) in [7, 11) is 1.57. The fourth-order valence-corrected chi connectivity index (χ4v) is 4.27. The van der Waals surface area contributed by atoms with Crippen LogP contribution in [-0.2, 0) is 4.74 Å². The molecule has 1 aromatic heterocycles. The Morgan fingerprint density at radius 2 is 2.00 bits per heavy atom. The van der Waals surface area contributed by atoms with Crippen LogP contribution in [0.25, 0.3) is 10.9 Å². The van der Waals surface area contributed by atoms with Crippen LogP contribution in [0.1, 0.15) is 32.2 Å². The molecule has 1 saturated carbocycles. The normalized spacial score (nSPS) is 20.4. The molecule has 158 valence electrons. The number of nitrogen functional groups attached to an aromatic ring is 1. The minimum atomic E-state index is -0.509. The molecule has 2 fully saturated rings. The molecule has 0 unspecified atom stereocenters. The van der Waals surface area contributed by atoms with E-state index in [0.29, 0.717) is 40.5 Å². The molecule has 0 bridgehead atoms. The number of aromatic nitrogens is 2. The topological polar surface area (TPSA) is 118 Å². The number of hydrogen-bond donors (Lipinski definition) is 2. The van der Waals surface area contributed by atoms with Gasteiger partial charge < -0.3 is 25.9 Å². The van der Waals surface area contributed by atoms with E-state index in [-0.39, 0.29) is 12.1 Å². The van der Waals surface area contributed by atoms with Crippen LogP contribution < -0.4 is 32.5 Å². The van der Waals surface area contributed by atoms with Gasteiger partial charge in [0.2, 0.25) is 0 Å². The highest BCUT2D eigenvalue weighted by atomic mass is 16.5. The van der Waals surface area contributed by atoms with Crippen molar-refractivity contribution < 1.29 is 9.47 Å². The van der Waals surface area contributed by atoms with Crippen molar-refractivity contribution in [3.8, 4) is 5.75 Å². The molecule has 2 atom stereocenters. The Kier molecular flexibility index (Phi) is 5.26. The van der Waals surface area contributed by atoms with Gasteiger partial charge in [-0.25, -0.2) is 4.79 Å². The van der Waals surface area contributed by atoms with Crippen LogP contribution in [0.4, 0.5) is 5.69 Å². The van der Waals surface area contributed by atoms with E-state index in [9.17, 15) is 9.59 Å². The van der Waals surface area contributed by atoms with Gasteiger partial charge in [-0.1, -0.05) is 0 Å². The number of fused-ring (bicyclic) bond motifs is 1. The van der Waals surface area contributed by atoms with Crippen molar-refractivity contribution in [1.82, 2.24) is 9.24 Å². The lowest BCUT2D eigenvalue weighted by Gasteiger charge is -2.25. The highest BCUT2D eigenvalue weighted by Gasteiger charge is 2.33. The van der Waals surface area contributed by atoms with E-state index in [1.807, 2.05) is 13.0 Å². The average molecular weight is 403 g/mol. The third-order valence-electron chi connectivity index (χ3n) is 6.01. The number of anilines is 1. The van der Waals surface area contributed by atoms with Gasteiger partial charge in [0.15, 0.2) is 5.75 Å². The molecule has 4 rings (SSSR count). The van der Waals surface area contributed by atoms with E-state index >= 15 is 0 Å². The first-order valence-electron chi connectivity index (χ1n) is 10.2. The van der Waals surface area contributed by atoms with Crippen molar-refractivity contribution in [1.29, 1.82) is 0 Å². The molecule has 2 aromatic rings. The summed E-state index contributed by atoms with van der Waals surface area (Å²) in [5, 5.41) is 0.392. The molecule has 0 amide bonds. The summed E-state index contributed by atoms with van der Waals surface area (Å²) in [4.78, 5) is 27.6. The average Bonchev–Trinajstić information content (AvgIpc) is 3.44. The lowest BCUT2D eigenvalue weighted by Crippen LogP contribution is -2.44. The van der Waals surface area contributed by atoms with E-state index in [1.165, 1.54) is 0 Å². The smallest absolute Gasteiger partial charge is 0.350 e. The van der Waals surface area contributed by atoms with Crippen LogP contribution in [0.15, 0.2) is 21.7 Å². The Labute approximate surface area is 168 Å². The highest BCUT2D eigenvalue weighted by molar-refractivity contribution is 5.90. The molecule has 2 aliphatic rings. The summed E-state index contributed by atoms with van der Waals surface area (Å²) in [6.45, 7) is 4.76. The molecule has 1 aromatic carbocycles. The Morgan fingerprint density at radius 1 is 1.24 bits per heavy atom. The number of hydrogen-bond acceptors (Lipinski definition) is 7. The van der Waals surface area contributed by atoms with Crippen molar-refractivity contribution in [3.05, 3.63) is 33.0 Å². The minimum absolute atomic E-state index is 0.0273. The van der Waals surface area contributed by atoms with Crippen LogP contribution in [0, 0.1) is 5.92 Å². The first kappa shape index (κ1) is 19.8. The van der Waals surface area contributed by atoms with Gasteiger partial charge in [0.1, 0.15) is 5.52 Å². The van der Waals surface area contributed by atoms with E-state index in [2.05, 4.69) is 4.90 Å². The first-order chi connectivity index (χ1) is 14.0. The maximum atomic E-state index is 12.7. The van der Waals surface area contributed by atoms with Gasteiger partial charge in [0.25, 0.3) is 5.56 Å². The van der Waals surface area contributed by atoms with Gasteiger partial charge in [-0.3, -0.25) is 9.36 Å². The summed E-state index contributed by atoms with van der Waals surface area (Å²) in [6.07, 6.45) is 2.73. The largest absolute Gasteiger partial charge is 0.492 e. The Bertz CT molecular complexity index is 1030. The molecule has 4 N–H and O–H groups in total. The van der Waals surface area contributed by atoms with Gasteiger partial charge in [-0.15, -0.1) is 0 Å². The summed E-state index contributed by atoms with van der Waals surface area (Å²) >= 11 is 0. The standard InChI is InChI=1S/C20H29N5O4/c1-3-29-11-15(21)12-8-9-23(10-12)16-7-6-14-17(18(16)28-2)24(13-4-5-13)20(27)25(22)19(14)26/h6-7,12-13,15H,3-5,8-11,21-22H2,1-2H3/t12-,15-/m1/s1. The van der Waals surface area contributed by atoms with Crippen molar-refractivity contribution in [2.45, 2.75) is 38.3 Å². The van der Waals surface area contributed by atoms with Crippen LogP contribution in [0.3, 0.4) is 0 Å². The lowest BCUT2D eigenvalue weighted by molar-refractivity contribution is 0.119. The van der Waals surface area contributed by atoms with Crippen LogP contribution in [0.5, 0.6) is 5.75 Å². The third kappa shape index (κ3) is 3.38. The van der Waals surface area contributed by atoms with E-state index in [4.69, 9.17) is 21.1 Å². The number of ether oxygens (including phenoxy) is 2. The van der Waals surface area contributed by atoms with Gasteiger partial charge in [-0.2, -0.15) is 4.68 Å². The SMILES string of the molecule is CCOC[C@@H](N)[C@@H]1CCN(c2ccc3c(=O)n(N)c(=O)n(C4CC4)c3c2OC)C1. The van der Waals surface area contributed by atoms with Gasteiger partial charge in [0, 0.05) is 31.8 Å². The van der Waals surface area contributed by atoms with Crippen LogP contribution >= 0.6 is 0 Å². The maximum absolute atomic E-state index is 12.7. The zero-order valence-electron chi connectivity index (χ0n) is 17.0. The third-order valence-corrected chi connectivity index (χ3v) is 6.01. The van der Waals surface area contributed by atoms with Gasteiger partial charge >= 0.3 is 5.69 Å². The molecule has 1 saturated heterocycles. The summed E-state index contributed by atoms with van der Waals surface area (Å²) in [5.74, 6) is 6.61. The summed E-state index contributed by atoms with van der Waals surface area (Å²) in [5.41, 5.74) is 6.70. The Hall–Kier alpha value is -2.52. The summed E-state index contributed by atoms with van der Waals surface area (Å²) < 4.78 is 13.5. The predicted octanol–water partition coefficient (Wildman–Crippen LogP) is 0.411. The second-order valence-electron chi connectivity index (χ2n) is 7.89. The fraction of sp³-hybridized carbons (Fsp3) is 0.600. The molecule has 2 heterocycles. The van der Waals surface area contributed by atoms with Gasteiger partial charge in [0.05, 0.1) is 24.8 Å². The second kappa shape index (κ2) is 7.72. The zero-order valence-corrected chi connectivity index (χ0v) is 17.0. The second-order valence-corrected chi connectivity index (χ2v) is 7.89. The first-order valence-corrected chi connectivity index (χ1v) is 10.2. The molecule has 0 radical (unpaired) electrons. The van der Waals surface area contributed by atoms with Crippen molar-refractivity contribution >= 4 is 16.6 Å². The molecule has 1 aliphatic heterocycles. The molecule has 0 spiro atoms. The number of nitrogens with zero attached hydrogens (tertiary/aromatic N) is 3. The molecule has 29 heavy (non-hydrogen) atoms. The predicted molar refractivity (Wildman–Crippen MR) is 112 cm³/mol. The minimum Gasteiger partial charge on any atom is -0.492 e. The van der Waals surface area contributed by atoms with Crippen molar-refractivity contribution in [3.63, 3.8) is 0 Å². The number of methoxy groups -OCH3 is 1. The van der Waals surface area contributed by atoms with Crippen molar-refractivity contribution in [2.75, 3.05) is 44.2 Å². The fourth-order valence-electron chi connectivity index (χ4n) is 4.27. The van der Waals surface area contributed by atoms with Crippen LogP contribution in [-0.4, -0.2) is 48.7 Å². The molecule has 1 aliphatic carbocycles. The van der Waals surface area contributed by atoms with Gasteiger partial charge in [-0.05, 0) is 44.2 Å². The van der Waals surface area contributed by atoms with Crippen LogP contribution in [0.2, 0.25) is 0 Å². The molecule has 9 nitrogen and oxygen atoms in total. The number of nitrogens with two attached hydrogens (primary N) is 2. The monoisotopic (exact) mass is 403 g/mol. The lowest BCUT2D eigenvalue weighted by atomic mass is 10.0. The quantitative estimate of drug-likeness (QED) is 0.643. The Morgan fingerprint density at radius 3 is 2.66 bits per heavy atom. The van der Waals surface area contributed by atoms with E-state index in [0.717, 1.165) is 38.0 Å². The zero-order chi connectivity index (χ0) is 20.7. The Balaban J connectivity index is 1.77. The molecule has 9 heteroatoms. The summed E-state index contributed by atoms with van der Waals surface area (Å²) in [6, 6.07) is 3.64. The highest BCUT2D eigenvalue weighted by Crippen LogP contribution is 2.42.